The van der Waals surface area contributed by atoms with Gasteiger partial charge in [0.15, 0.2) is 0 Å². The second-order valence-corrected chi connectivity index (χ2v) is 6.55. The highest BCUT2D eigenvalue weighted by Gasteiger charge is 2.28. The van der Waals surface area contributed by atoms with Gasteiger partial charge in [-0.05, 0) is 32.1 Å². The number of carboxylic acids is 1. The zero-order valence-electron chi connectivity index (χ0n) is 12.3. The van der Waals surface area contributed by atoms with Gasteiger partial charge in [-0.3, -0.25) is 4.79 Å². The van der Waals surface area contributed by atoms with Gasteiger partial charge in [-0.25, -0.2) is 9.78 Å². The molecule has 1 aromatic heterocycles. The van der Waals surface area contributed by atoms with Crippen LogP contribution in [0.5, 0.6) is 0 Å². The van der Waals surface area contributed by atoms with E-state index in [1.807, 2.05) is 13.1 Å². The second kappa shape index (κ2) is 6.89. The number of carbonyl (C=O) groups is 2. The number of nitrogens with one attached hydrogen (secondary N) is 1. The van der Waals surface area contributed by atoms with Crippen molar-refractivity contribution in [1.29, 1.82) is 0 Å². The third-order valence-corrected chi connectivity index (χ3v) is 4.74. The maximum Gasteiger partial charge on any atom is 0.323 e. The van der Waals surface area contributed by atoms with Crippen molar-refractivity contribution in [2.75, 3.05) is 13.1 Å². The van der Waals surface area contributed by atoms with E-state index in [0.29, 0.717) is 12.5 Å². The number of nitrogens with zero attached hydrogens (tertiary/aromatic N) is 2. The van der Waals surface area contributed by atoms with Crippen LogP contribution in [0.3, 0.4) is 0 Å². The summed E-state index contributed by atoms with van der Waals surface area (Å²) in [4.78, 5) is 30.0. The highest BCUT2D eigenvalue weighted by molar-refractivity contribution is 7.11. The van der Waals surface area contributed by atoms with Gasteiger partial charge in [-0.15, -0.1) is 11.3 Å². The molecule has 1 aliphatic rings. The molecule has 1 unspecified atom stereocenters. The van der Waals surface area contributed by atoms with Crippen LogP contribution >= 0.6 is 11.3 Å². The van der Waals surface area contributed by atoms with Gasteiger partial charge < -0.3 is 15.3 Å². The number of aliphatic carboxylic acids is 1. The molecule has 2 amide bonds. The van der Waals surface area contributed by atoms with Crippen LogP contribution in [-0.2, 0) is 11.2 Å². The number of amides is 2. The van der Waals surface area contributed by atoms with Crippen molar-refractivity contribution in [1.82, 2.24) is 15.2 Å². The Labute approximate surface area is 128 Å². The molecule has 6 nitrogen and oxygen atoms in total. The highest BCUT2D eigenvalue weighted by Crippen LogP contribution is 2.29. The topological polar surface area (TPSA) is 82.5 Å². The first-order valence-electron chi connectivity index (χ1n) is 7.21. The summed E-state index contributed by atoms with van der Waals surface area (Å²) in [5, 5.41) is 12.6. The van der Waals surface area contributed by atoms with Crippen molar-refractivity contribution in [2.24, 2.45) is 5.92 Å². The predicted octanol–water partition coefficient (Wildman–Crippen LogP) is 2.27. The van der Waals surface area contributed by atoms with E-state index in [9.17, 15) is 9.59 Å². The number of aromatic nitrogens is 1. The van der Waals surface area contributed by atoms with Crippen LogP contribution in [0.25, 0.3) is 0 Å². The van der Waals surface area contributed by atoms with Gasteiger partial charge in [0.1, 0.15) is 11.6 Å². The van der Waals surface area contributed by atoms with E-state index >= 15 is 0 Å². The van der Waals surface area contributed by atoms with Crippen molar-refractivity contribution >= 4 is 23.3 Å². The molecule has 0 bridgehead atoms. The largest absolute Gasteiger partial charge is 0.480 e. The first-order valence-corrected chi connectivity index (χ1v) is 8.03. The molecular formula is C14H21N3O3S. The van der Waals surface area contributed by atoms with E-state index in [-0.39, 0.29) is 18.6 Å². The molecule has 1 aliphatic carbocycles. The number of aryl methyl sites for hydroxylation is 1. The van der Waals surface area contributed by atoms with Gasteiger partial charge in [0.05, 0.1) is 6.04 Å². The Morgan fingerprint density at radius 2 is 2.29 bits per heavy atom. The van der Waals surface area contributed by atoms with E-state index in [1.165, 1.54) is 9.78 Å². The number of thiazole rings is 1. The average molecular weight is 311 g/mol. The summed E-state index contributed by atoms with van der Waals surface area (Å²) in [6.07, 6.45) is 4.89. The zero-order valence-corrected chi connectivity index (χ0v) is 13.2. The molecule has 7 heteroatoms. The summed E-state index contributed by atoms with van der Waals surface area (Å²) in [6, 6.07) is -0.539. The standard InChI is InChI=1S/C14H21N3O3S/c1-3-11-6-15-13(21-11)9(2)16-14(20)17(8-12(18)19)7-10-4-5-10/h6,9-10H,3-5,7-8H2,1-2H3,(H,16,20)(H,18,19). The lowest BCUT2D eigenvalue weighted by Crippen LogP contribution is -2.44. The summed E-state index contributed by atoms with van der Waals surface area (Å²) in [5.41, 5.74) is 0. The van der Waals surface area contributed by atoms with E-state index in [2.05, 4.69) is 17.2 Å². The number of hydrogen-bond acceptors (Lipinski definition) is 4. The summed E-state index contributed by atoms with van der Waals surface area (Å²) in [6.45, 7) is 4.19. The molecule has 1 fully saturated rings. The minimum Gasteiger partial charge on any atom is -0.480 e. The first kappa shape index (κ1) is 15.8. The lowest BCUT2D eigenvalue weighted by Gasteiger charge is -2.23. The van der Waals surface area contributed by atoms with Crippen LogP contribution in [-0.4, -0.2) is 40.1 Å². The smallest absolute Gasteiger partial charge is 0.323 e. The predicted molar refractivity (Wildman–Crippen MR) is 80.4 cm³/mol. The number of carboxylic acid groups (broad SMARTS) is 1. The molecule has 21 heavy (non-hydrogen) atoms. The summed E-state index contributed by atoms with van der Waals surface area (Å²) >= 11 is 1.57. The molecule has 1 heterocycles. The monoisotopic (exact) mass is 311 g/mol. The maximum atomic E-state index is 12.2. The minimum atomic E-state index is -0.985. The van der Waals surface area contributed by atoms with Gasteiger partial charge in [0, 0.05) is 17.6 Å². The van der Waals surface area contributed by atoms with Crippen LogP contribution in [0.4, 0.5) is 4.79 Å². The van der Waals surface area contributed by atoms with Gasteiger partial charge >= 0.3 is 12.0 Å². The summed E-state index contributed by atoms with van der Waals surface area (Å²) in [7, 11) is 0. The van der Waals surface area contributed by atoms with Crippen LogP contribution < -0.4 is 5.32 Å². The van der Waals surface area contributed by atoms with Gasteiger partial charge in [0.25, 0.3) is 0 Å². The highest BCUT2D eigenvalue weighted by atomic mass is 32.1. The number of hydrogen-bond donors (Lipinski definition) is 2. The molecule has 0 aliphatic heterocycles. The lowest BCUT2D eigenvalue weighted by atomic mass is 10.3. The van der Waals surface area contributed by atoms with E-state index in [1.54, 1.807) is 11.3 Å². The Bertz CT molecular complexity index is 513. The maximum absolute atomic E-state index is 12.2. The van der Waals surface area contributed by atoms with Crippen LogP contribution in [0.15, 0.2) is 6.20 Å². The molecule has 2 rings (SSSR count). The molecule has 116 valence electrons. The molecule has 0 spiro atoms. The number of carbonyl (C=O) groups excluding carboxylic acids is 1. The Morgan fingerprint density at radius 3 is 2.81 bits per heavy atom. The Balaban J connectivity index is 1.94. The lowest BCUT2D eigenvalue weighted by molar-refractivity contribution is -0.137. The fourth-order valence-electron chi connectivity index (χ4n) is 2.02. The fraction of sp³-hybridized carbons (Fsp3) is 0.643. The minimum absolute atomic E-state index is 0.210. The van der Waals surface area contributed by atoms with Gasteiger partial charge in [-0.2, -0.15) is 0 Å². The van der Waals surface area contributed by atoms with Crippen LogP contribution in [0, 0.1) is 5.92 Å². The summed E-state index contributed by atoms with van der Waals surface area (Å²) < 4.78 is 0. The van der Waals surface area contributed by atoms with Crippen molar-refractivity contribution in [3.05, 3.63) is 16.1 Å². The second-order valence-electron chi connectivity index (χ2n) is 5.41. The normalized spacial score (nSPS) is 15.5. The molecule has 1 aromatic rings. The Morgan fingerprint density at radius 1 is 1.57 bits per heavy atom. The fourth-order valence-corrected chi connectivity index (χ4v) is 2.88. The van der Waals surface area contributed by atoms with E-state index in [0.717, 1.165) is 24.3 Å². The molecule has 2 N–H and O–H groups in total. The molecule has 0 radical (unpaired) electrons. The first-order chi connectivity index (χ1) is 9.99. The Hall–Kier alpha value is -1.63. The van der Waals surface area contributed by atoms with Gasteiger partial charge in [-0.1, -0.05) is 6.92 Å². The molecule has 0 saturated heterocycles. The SMILES string of the molecule is CCc1cnc(C(C)NC(=O)N(CC(=O)O)CC2CC2)s1. The Kier molecular flexibility index (Phi) is 5.17. The molecule has 0 aromatic carbocycles. The van der Waals surface area contributed by atoms with Crippen molar-refractivity contribution in [3.8, 4) is 0 Å². The summed E-state index contributed by atoms with van der Waals surface area (Å²) in [5.74, 6) is -0.530. The molecular weight excluding hydrogens is 290 g/mol. The number of urea groups is 1. The number of rotatable bonds is 7. The average Bonchev–Trinajstić information content (AvgIpc) is 3.11. The van der Waals surface area contributed by atoms with Crippen LogP contribution in [0.1, 0.15) is 42.6 Å². The third-order valence-electron chi connectivity index (χ3n) is 3.42. The molecule has 1 saturated carbocycles. The van der Waals surface area contributed by atoms with E-state index in [4.69, 9.17) is 5.11 Å². The van der Waals surface area contributed by atoms with Crippen LogP contribution in [0.2, 0.25) is 0 Å². The van der Waals surface area contributed by atoms with E-state index < -0.39 is 5.97 Å². The van der Waals surface area contributed by atoms with Crippen molar-refractivity contribution in [3.63, 3.8) is 0 Å². The van der Waals surface area contributed by atoms with Gasteiger partial charge in [0.2, 0.25) is 0 Å². The quantitative estimate of drug-likeness (QED) is 0.809. The van der Waals surface area contributed by atoms with Crippen molar-refractivity contribution in [2.45, 2.75) is 39.2 Å². The zero-order chi connectivity index (χ0) is 15.4. The third kappa shape index (κ3) is 4.70. The van der Waals surface area contributed by atoms with Crippen molar-refractivity contribution < 1.29 is 14.7 Å². The molecule has 1 atom stereocenters.